The number of benzene rings is 4. The molecule has 0 bridgehead atoms. The average Bonchev–Trinajstić information content (AvgIpc) is 3.32. The van der Waals surface area contributed by atoms with Gasteiger partial charge >= 0.3 is 12.2 Å². The molecule has 1 aliphatic heterocycles. The quantitative estimate of drug-likeness (QED) is 0.0423. The van der Waals surface area contributed by atoms with E-state index in [9.17, 15) is 24.2 Å². The van der Waals surface area contributed by atoms with Crippen molar-refractivity contribution in [2.24, 2.45) is 22.9 Å². The molecule has 4 aromatic carbocycles. The molecule has 65 heavy (non-hydrogen) atoms. The molecule has 13 heteroatoms. The standard InChI is InChI=1S/C52H60FN3O9/c1-3-29-62-52-47(56(51(60)61-4-2)34-37-21-23-40(53)24-22-37)32-45(55-63-35-38-17-9-6-10-18-38)43-30-39(19-11-13-27-57)42(20-12-14-28-58)48(49(43)52)44-31-41(25-26-46(44)65-52)64-50(59)54-33-36-15-7-5-8-16-36/h3,5-10,15-18,21-26,30-31,39,42,47-49,57-58H,1,4,11-14,19-20,27-29,32-35H2,2H3,(H,54,59). The molecule has 7 rings (SSSR count). The van der Waals surface area contributed by atoms with Crippen molar-refractivity contribution in [1.29, 1.82) is 0 Å². The highest BCUT2D eigenvalue weighted by Crippen LogP contribution is 2.62. The highest BCUT2D eigenvalue weighted by atomic mass is 19.1. The number of nitrogens with zero attached hydrogens (tertiary/aromatic N) is 2. The van der Waals surface area contributed by atoms with E-state index in [1.165, 1.54) is 12.1 Å². The topological polar surface area (TPSA) is 148 Å². The van der Waals surface area contributed by atoms with Crippen LogP contribution in [0.1, 0.15) is 80.0 Å². The largest absolute Gasteiger partial charge is 0.459 e. The van der Waals surface area contributed by atoms with E-state index in [0.29, 0.717) is 42.0 Å². The van der Waals surface area contributed by atoms with Crippen molar-refractivity contribution in [3.8, 4) is 11.5 Å². The molecule has 0 saturated heterocycles. The van der Waals surface area contributed by atoms with Gasteiger partial charge in [-0.25, -0.2) is 14.0 Å². The molecule has 0 radical (unpaired) electrons. The molecule has 1 heterocycles. The molecule has 4 aromatic rings. The molecule has 6 unspecified atom stereocenters. The van der Waals surface area contributed by atoms with Crippen LogP contribution in [0.4, 0.5) is 14.0 Å². The van der Waals surface area contributed by atoms with E-state index in [1.807, 2.05) is 66.7 Å². The molecule has 3 N–H and O–H groups in total. The molecule has 6 atom stereocenters. The number of allylic oxidation sites excluding steroid dienone is 1. The van der Waals surface area contributed by atoms with Gasteiger partial charge in [-0.3, -0.25) is 4.90 Å². The third kappa shape index (κ3) is 11.3. The lowest BCUT2D eigenvalue weighted by Crippen LogP contribution is -2.70. The third-order valence-corrected chi connectivity index (χ3v) is 12.5. The SMILES string of the molecule is C=CCOC12Oc3ccc(OC(=O)NCc4ccccc4)cc3C3C(CCCCO)C(CCCCO)C=C(C(=NOCc4ccccc4)CC1N(Cc1ccc(F)cc1)C(=O)OCC)C32. The summed E-state index contributed by atoms with van der Waals surface area (Å²) < 4.78 is 40.3. The second kappa shape index (κ2) is 22.7. The Labute approximate surface area is 380 Å². The van der Waals surface area contributed by atoms with Gasteiger partial charge in [0.05, 0.1) is 24.8 Å². The number of nitrogens with one attached hydrogen (secondary N) is 1. The van der Waals surface area contributed by atoms with E-state index in [4.69, 9.17) is 28.9 Å². The van der Waals surface area contributed by atoms with Gasteiger partial charge in [-0.1, -0.05) is 103 Å². The molecular formula is C52H60FN3O9. The number of hydrogen-bond donors (Lipinski definition) is 3. The van der Waals surface area contributed by atoms with Crippen LogP contribution in [-0.4, -0.2) is 71.3 Å². The zero-order chi connectivity index (χ0) is 45.6. The van der Waals surface area contributed by atoms with Crippen molar-refractivity contribution in [3.63, 3.8) is 0 Å². The molecule has 0 aromatic heterocycles. The summed E-state index contributed by atoms with van der Waals surface area (Å²) >= 11 is 0. The van der Waals surface area contributed by atoms with Crippen molar-refractivity contribution in [3.05, 3.63) is 156 Å². The second-order valence-electron chi connectivity index (χ2n) is 16.7. The summed E-state index contributed by atoms with van der Waals surface area (Å²) in [7, 11) is 0. The molecule has 0 spiro atoms. The van der Waals surface area contributed by atoms with Gasteiger partial charge in [-0.2, -0.15) is 0 Å². The number of aliphatic hydroxyl groups is 2. The Morgan fingerprint density at radius 2 is 1.63 bits per heavy atom. The summed E-state index contributed by atoms with van der Waals surface area (Å²) in [4.78, 5) is 35.5. The minimum atomic E-state index is -1.57. The monoisotopic (exact) mass is 889 g/mol. The molecule has 2 aliphatic carbocycles. The number of oxime groups is 1. The predicted octanol–water partition coefficient (Wildman–Crippen LogP) is 9.61. The predicted molar refractivity (Wildman–Crippen MR) is 244 cm³/mol. The first-order chi connectivity index (χ1) is 31.8. The number of fused-ring (bicyclic) bond motifs is 2. The second-order valence-corrected chi connectivity index (χ2v) is 16.7. The number of carbonyl (C=O) groups excluding carboxylic acids is 2. The number of ether oxygens (including phenoxy) is 4. The zero-order valence-electron chi connectivity index (χ0n) is 37.0. The van der Waals surface area contributed by atoms with Gasteiger partial charge in [-0.05, 0) is 97.0 Å². The van der Waals surface area contributed by atoms with Crippen LogP contribution in [0.3, 0.4) is 0 Å². The van der Waals surface area contributed by atoms with E-state index in [-0.39, 0.29) is 70.3 Å². The number of rotatable bonds is 21. The molecule has 344 valence electrons. The minimum absolute atomic E-state index is 0.0189. The number of aliphatic hydroxyl groups excluding tert-OH is 2. The van der Waals surface area contributed by atoms with Gasteiger partial charge in [0.25, 0.3) is 0 Å². The number of amides is 2. The number of hydrogen-bond acceptors (Lipinski definition) is 10. The summed E-state index contributed by atoms with van der Waals surface area (Å²) in [6, 6.07) is 29.7. The maximum absolute atomic E-state index is 14.4. The first kappa shape index (κ1) is 47.0. The van der Waals surface area contributed by atoms with Crippen molar-refractivity contribution in [2.75, 3.05) is 26.4 Å². The smallest absolute Gasteiger partial charge is 0.412 e. The maximum Gasteiger partial charge on any atom is 0.412 e. The van der Waals surface area contributed by atoms with Gasteiger partial charge in [0.1, 0.15) is 30.0 Å². The van der Waals surface area contributed by atoms with Gasteiger partial charge in [0.2, 0.25) is 5.79 Å². The minimum Gasteiger partial charge on any atom is -0.459 e. The van der Waals surface area contributed by atoms with Crippen LogP contribution in [-0.2, 0) is 34.0 Å². The Kier molecular flexibility index (Phi) is 16.4. The van der Waals surface area contributed by atoms with Crippen molar-refractivity contribution in [1.82, 2.24) is 10.2 Å². The first-order valence-electron chi connectivity index (χ1n) is 22.7. The van der Waals surface area contributed by atoms with Gasteiger partial charge in [-0.15, -0.1) is 6.58 Å². The fraction of sp³-hybridized carbons (Fsp3) is 0.404. The van der Waals surface area contributed by atoms with Gasteiger partial charge in [0, 0.05) is 44.2 Å². The fourth-order valence-corrected chi connectivity index (χ4v) is 9.68. The summed E-state index contributed by atoms with van der Waals surface area (Å²) in [5.41, 5.74) is 4.75. The van der Waals surface area contributed by atoms with E-state index >= 15 is 0 Å². The van der Waals surface area contributed by atoms with Crippen molar-refractivity contribution in [2.45, 2.75) is 89.3 Å². The Hall–Kier alpha value is -6.02. The first-order valence-corrected chi connectivity index (χ1v) is 22.7. The fourth-order valence-electron chi connectivity index (χ4n) is 9.68. The van der Waals surface area contributed by atoms with Crippen LogP contribution in [0, 0.1) is 23.6 Å². The summed E-state index contributed by atoms with van der Waals surface area (Å²) in [5, 5.41) is 27.7. The normalized spacial score (nSPS) is 22.4. The highest BCUT2D eigenvalue weighted by Gasteiger charge is 2.65. The lowest BCUT2D eigenvalue weighted by atomic mass is 9.55. The number of unbranched alkanes of at least 4 members (excludes halogenated alkanes) is 2. The van der Waals surface area contributed by atoms with Crippen LogP contribution in [0.25, 0.3) is 0 Å². The Bertz CT molecular complexity index is 2260. The molecule has 1 fully saturated rings. The Morgan fingerprint density at radius 1 is 0.923 bits per heavy atom. The molecule has 3 aliphatic rings. The lowest BCUT2D eigenvalue weighted by molar-refractivity contribution is -0.256. The average molecular weight is 890 g/mol. The van der Waals surface area contributed by atoms with E-state index in [2.05, 4.69) is 18.0 Å². The molecule has 12 nitrogen and oxygen atoms in total. The summed E-state index contributed by atoms with van der Waals surface area (Å²) in [6.07, 6.45) is 6.99. The van der Waals surface area contributed by atoms with Crippen LogP contribution >= 0.6 is 0 Å². The van der Waals surface area contributed by atoms with E-state index in [0.717, 1.165) is 41.5 Å². The Balaban J connectivity index is 1.40. The highest BCUT2D eigenvalue weighted by molar-refractivity contribution is 6.03. The summed E-state index contributed by atoms with van der Waals surface area (Å²) in [5.74, 6) is -2.23. The summed E-state index contributed by atoms with van der Waals surface area (Å²) in [6.45, 7) is 6.51. The Morgan fingerprint density at radius 3 is 2.32 bits per heavy atom. The van der Waals surface area contributed by atoms with Crippen molar-refractivity contribution >= 4 is 17.9 Å². The zero-order valence-corrected chi connectivity index (χ0v) is 37.0. The maximum atomic E-state index is 14.4. The van der Waals surface area contributed by atoms with E-state index < -0.39 is 35.8 Å². The van der Waals surface area contributed by atoms with Crippen LogP contribution in [0.5, 0.6) is 11.5 Å². The van der Waals surface area contributed by atoms with Crippen LogP contribution in [0.15, 0.2) is 133 Å². The van der Waals surface area contributed by atoms with Gasteiger partial charge < -0.3 is 39.3 Å². The van der Waals surface area contributed by atoms with Crippen LogP contribution < -0.4 is 14.8 Å². The lowest BCUT2D eigenvalue weighted by Gasteiger charge is -2.59. The number of halogens is 1. The third-order valence-electron chi connectivity index (χ3n) is 12.5. The number of carbonyl (C=O) groups is 2. The van der Waals surface area contributed by atoms with Crippen molar-refractivity contribution < 1.29 is 48.0 Å². The molecule has 1 saturated carbocycles. The molecular weight excluding hydrogens is 830 g/mol. The molecule has 2 amide bonds. The van der Waals surface area contributed by atoms with Gasteiger partial charge in [0.15, 0.2) is 0 Å². The van der Waals surface area contributed by atoms with E-state index in [1.54, 1.807) is 42.2 Å². The van der Waals surface area contributed by atoms with Crippen LogP contribution in [0.2, 0.25) is 0 Å².